The van der Waals surface area contributed by atoms with E-state index in [1.807, 2.05) is 11.6 Å². The van der Waals surface area contributed by atoms with E-state index in [-0.39, 0.29) is 0 Å². The highest BCUT2D eigenvalue weighted by Crippen LogP contribution is 2.33. The number of halogens is 1. The molecule has 2 N–H and O–H groups in total. The van der Waals surface area contributed by atoms with Crippen LogP contribution in [0.2, 0.25) is 0 Å². The second-order valence-electron chi connectivity index (χ2n) is 4.97. The number of aryl methyl sites for hydroxylation is 2. The molecule has 1 aromatic rings. The first-order chi connectivity index (χ1) is 9.04. The maximum absolute atomic E-state index is 11.3. The summed E-state index contributed by atoms with van der Waals surface area (Å²) in [5.74, 6) is -0.742. The van der Waals surface area contributed by atoms with E-state index in [0.717, 1.165) is 35.2 Å². The quantitative estimate of drug-likeness (QED) is 0.840. The molecule has 2 rings (SSSR count). The fourth-order valence-electron chi connectivity index (χ4n) is 2.44. The van der Waals surface area contributed by atoms with Gasteiger partial charge in [0, 0.05) is 13.1 Å². The third-order valence-corrected chi connectivity index (χ3v) is 4.82. The second kappa shape index (κ2) is 5.63. The number of rotatable bonds is 6. The van der Waals surface area contributed by atoms with E-state index in [4.69, 9.17) is 0 Å². The van der Waals surface area contributed by atoms with E-state index in [1.165, 1.54) is 0 Å². The summed E-state index contributed by atoms with van der Waals surface area (Å²) in [7, 11) is 0. The highest BCUT2D eigenvalue weighted by molar-refractivity contribution is 9.10. The maximum Gasteiger partial charge on any atom is 0.323 e. The minimum Gasteiger partial charge on any atom is -0.480 e. The fraction of sp³-hybridized carbons (Fsp3) is 0.692. The Balaban J connectivity index is 2.15. The molecule has 0 atom stereocenters. The van der Waals surface area contributed by atoms with Crippen molar-refractivity contribution in [1.29, 1.82) is 0 Å². The summed E-state index contributed by atoms with van der Waals surface area (Å²) in [6, 6.07) is 0. The van der Waals surface area contributed by atoms with Crippen LogP contribution in [-0.2, 0) is 24.3 Å². The molecule has 6 heteroatoms. The molecule has 1 saturated carbocycles. The topological polar surface area (TPSA) is 67.2 Å². The molecule has 1 aromatic heterocycles. The van der Waals surface area contributed by atoms with Gasteiger partial charge in [0.1, 0.15) is 5.54 Å². The number of aliphatic carboxylic acids is 1. The molecule has 106 valence electrons. The number of hydrogen-bond donors (Lipinski definition) is 2. The number of carbonyl (C=O) groups is 1. The summed E-state index contributed by atoms with van der Waals surface area (Å²) in [5.41, 5.74) is 1.33. The van der Waals surface area contributed by atoms with Crippen LogP contribution in [0, 0.1) is 0 Å². The number of nitrogens with zero attached hydrogens (tertiary/aromatic N) is 2. The minimum atomic E-state index is -0.742. The molecule has 1 aliphatic rings. The molecular weight excluding hydrogens is 310 g/mol. The molecule has 1 heterocycles. The van der Waals surface area contributed by atoms with Crippen LogP contribution >= 0.6 is 15.9 Å². The van der Waals surface area contributed by atoms with Crippen LogP contribution < -0.4 is 5.32 Å². The van der Waals surface area contributed by atoms with Gasteiger partial charge in [0.05, 0.1) is 15.9 Å². The van der Waals surface area contributed by atoms with Gasteiger partial charge in [-0.3, -0.25) is 14.8 Å². The van der Waals surface area contributed by atoms with E-state index >= 15 is 0 Å². The molecule has 0 unspecified atom stereocenters. The summed E-state index contributed by atoms with van der Waals surface area (Å²) < 4.78 is 2.94. The van der Waals surface area contributed by atoms with Crippen molar-refractivity contribution in [2.75, 3.05) is 0 Å². The lowest BCUT2D eigenvalue weighted by atomic mass is 9.77. The Morgan fingerprint density at radius 3 is 2.63 bits per heavy atom. The normalized spacial score (nSPS) is 17.2. The predicted octanol–water partition coefficient (Wildman–Crippen LogP) is 2.32. The van der Waals surface area contributed by atoms with E-state index in [1.54, 1.807) is 0 Å². The van der Waals surface area contributed by atoms with Gasteiger partial charge in [0.2, 0.25) is 0 Å². The Morgan fingerprint density at radius 1 is 1.53 bits per heavy atom. The van der Waals surface area contributed by atoms with E-state index < -0.39 is 11.5 Å². The van der Waals surface area contributed by atoms with Crippen LogP contribution in [0.4, 0.5) is 0 Å². The number of carboxylic acid groups (broad SMARTS) is 1. The molecule has 19 heavy (non-hydrogen) atoms. The van der Waals surface area contributed by atoms with Gasteiger partial charge < -0.3 is 5.11 Å². The zero-order valence-corrected chi connectivity index (χ0v) is 13.0. The summed E-state index contributed by atoms with van der Waals surface area (Å²) >= 11 is 3.58. The van der Waals surface area contributed by atoms with Crippen molar-refractivity contribution in [3.63, 3.8) is 0 Å². The first-order valence-corrected chi connectivity index (χ1v) is 7.56. The summed E-state index contributed by atoms with van der Waals surface area (Å²) in [6.45, 7) is 5.43. The largest absolute Gasteiger partial charge is 0.480 e. The van der Waals surface area contributed by atoms with Gasteiger partial charge >= 0.3 is 5.97 Å². The van der Waals surface area contributed by atoms with Crippen molar-refractivity contribution in [3.8, 4) is 0 Å². The zero-order chi connectivity index (χ0) is 14.0. The van der Waals surface area contributed by atoms with E-state index in [2.05, 4.69) is 33.3 Å². The second-order valence-corrected chi connectivity index (χ2v) is 5.76. The van der Waals surface area contributed by atoms with Crippen LogP contribution in [-0.4, -0.2) is 26.4 Å². The lowest BCUT2D eigenvalue weighted by Gasteiger charge is -2.38. The Morgan fingerprint density at radius 2 is 2.21 bits per heavy atom. The Labute approximate surface area is 121 Å². The lowest BCUT2D eigenvalue weighted by Crippen LogP contribution is -2.56. The highest BCUT2D eigenvalue weighted by atomic mass is 79.9. The molecular formula is C13H20BrN3O2. The number of carboxylic acids is 1. The van der Waals surface area contributed by atoms with Gasteiger partial charge in [-0.25, -0.2) is 0 Å². The number of aromatic nitrogens is 2. The van der Waals surface area contributed by atoms with Crippen molar-refractivity contribution >= 4 is 21.9 Å². The molecule has 1 aliphatic carbocycles. The highest BCUT2D eigenvalue weighted by Gasteiger charge is 2.44. The smallest absolute Gasteiger partial charge is 0.323 e. The molecule has 0 bridgehead atoms. The van der Waals surface area contributed by atoms with E-state index in [0.29, 0.717) is 19.4 Å². The van der Waals surface area contributed by atoms with Gasteiger partial charge in [-0.2, -0.15) is 5.10 Å². The van der Waals surface area contributed by atoms with Crippen LogP contribution in [0.3, 0.4) is 0 Å². The maximum atomic E-state index is 11.3. The van der Waals surface area contributed by atoms with Gasteiger partial charge in [-0.05, 0) is 48.5 Å². The molecule has 0 aromatic carbocycles. The lowest BCUT2D eigenvalue weighted by molar-refractivity contribution is -0.148. The van der Waals surface area contributed by atoms with Gasteiger partial charge in [-0.1, -0.05) is 6.92 Å². The average Bonchev–Trinajstić information content (AvgIpc) is 2.64. The predicted molar refractivity (Wildman–Crippen MR) is 76.0 cm³/mol. The third kappa shape index (κ3) is 2.56. The molecule has 0 radical (unpaired) electrons. The van der Waals surface area contributed by atoms with Crippen LogP contribution in [0.25, 0.3) is 0 Å². The Kier molecular flexibility index (Phi) is 4.30. The van der Waals surface area contributed by atoms with Crippen molar-refractivity contribution in [2.24, 2.45) is 0 Å². The first kappa shape index (κ1) is 14.5. The number of hydrogen-bond acceptors (Lipinski definition) is 3. The first-order valence-electron chi connectivity index (χ1n) is 6.76. The van der Waals surface area contributed by atoms with Crippen molar-refractivity contribution < 1.29 is 9.90 Å². The minimum absolute atomic E-state index is 0.535. The van der Waals surface area contributed by atoms with E-state index in [9.17, 15) is 9.90 Å². The Hall–Kier alpha value is -0.880. The van der Waals surface area contributed by atoms with Crippen LogP contribution in [0.1, 0.15) is 44.5 Å². The van der Waals surface area contributed by atoms with Crippen LogP contribution in [0.15, 0.2) is 4.47 Å². The monoisotopic (exact) mass is 329 g/mol. The fourth-order valence-corrected chi connectivity index (χ4v) is 3.14. The van der Waals surface area contributed by atoms with Crippen molar-refractivity contribution in [2.45, 2.75) is 58.2 Å². The summed E-state index contributed by atoms with van der Waals surface area (Å²) in [6.07, 6.45) is 3.26. The molecule has 0 aliphatic heterocycles. The molecule has 1 fully saturated rings. The molecule has 0 spiro atoms. The summed E-state index contributed by atoms with van der Waals surface area (Å²) in [4.78, 5) is 11.3. The zero-order valence-electron chi connectivity index (χ0n) is 11.4. The number of nitrogens with one attached hydrogen (secondary N) is 1. The van der Waals surface area contributed by atoms with Gasteiger partial charge in [-0.15, -0.1) is 0 Å². The van der Waals surface area contributed by atoms with Gasteiger partial charge in [0.25, 0.3) is 0 Å². The molecule has 0 saturated heterocycles. The standard InChI is InChI=1S/C13H20BrN3O2/c1-3-9-11(14)10(17(4-2)16-9)8-15-13(12(18)19)6-5-7-13/h15H,3-8H2,1-2H3,(H,18,19). The van der Waals surface area contributed by atoms with Crippen molar-refractivity contribution in [3.05, 3.63) is 15.9 Å². The molecule has 5 nitrogen and oxygen atoms in total. The molecule has 0 amide bonds. The van der Waals surface area contributed by atoms with Gasteiger partial charge in [0.15, 0.2) is 0 Å². The average molecular weight is 330 g/mol. The third-order valence-electron chi connectivity index (χ3n) is 3.90. The van der Waals surface area contributed by atoms with Crippen LogP contribution in [0.5, 0.6) is 0 Å². The Bertz CT molecular complexity index is 480. The summed E-state index contributed by atoms with van der Waals surface area (Å²) in [5, 5.41) is 17.0. The SMILES string of the molecule is CCc1nn(CC)c(CNC2(C(=O)O)CCC2)c1Br. The van der Waals surface area contributed by atoms with Crippen molar-refractivity contribution in [1.82, 2.24) is 15.1 Å².